The Labute approximate surface area is 138 Å². The lowest BCUT2D eigenvalue weighted by molar-refractivity contribution is 0.625. The molecule has 0 spiro atoms. The minimum Gasteiger partial charge on any atom is -0.274 e. The Balaban J connectivity index is 0.000000166. The average Bonchev–Trinajstić information content (AvgIpc) is 3.33. The second kappa shape index (κ2) is 7.39. The number of halogens is 1. The van der Waals surface area contributed by atoms with Crippen LogP contribution in [0.1, 0.15) is 24.5 Å². The molecule has 1 aliphatic rings. The Hall–Kier alpha value is -2.18. The van der Waals surface area contributed by atoms with Gasteiger partial charge in [0.2, 0.25) is 0 Å². The fourth-order valence-corrected chi connectivity index (χ4v) is 2.40. The van der Waals surface area contributed by atoms with Gasteiger partial charge >= 0.3 is 0 Å². The molecule has 1 aliphatic carbocycles. The van der Waals surface area contributed by atoms with Gasteiger partial charge in [0, 0.05) is 10.8 Å². The summed E-state index contributed by atoms with van der Waals surface area (Å²) in [4.78, 5) is 1.10. The van der Waals surface area contributed by atoms with Crippen LogP contribution in [0.3, 0.4) is 0 Å². The van der Waals surface area contributed by atoms with E-state index in [1.807, 2.05) is 42.6 Å². The number of hydrogen-bond donors (Lipinski definition) is 1. The van der Waals surface area contributed by atoms with E-state index in [-0.39, 0.29) is 5.82 Å². The van der Waals surface area contributed by atoms with Crippen molar-refractivity contribution in [3.05, 3.63) is 72.3 Å². The molecule has 6 heteroatoms. The molecular weight excluding hydrogens is 311 g/mol. The zero-order chi connectivity index (χ0) is 16.1. The highest BCUT2D eigenvalue weighted by molar-refractivity contribution is 7.97. The molecule has 2 N–H and O–H groups in total. The highest BCUT2D eigenvalue weighted by Crippen LogP contribution is 2.38. The van der Waals surface area contributed by atoms with Gasteiger partial charge in [0.25, 0.3) is 0 Å². The van der Waals surface area contributed by atoms with Crippen molar-refractivity contribution in [2.24, 2.45) is 5.14 Å². The number of hydrogen-bond acceptors (Lipinski definition) is 4. The first kappa shape index (κ1) is 15.7. The van der Waals surface area contributed by atoms with Crippen molar-refractivity contribution in [3.63, 3.8) is 0 Å². The smallest absolute Gasteiger partial charge is 0.125 e. The summed E-state index contributed by atoms with van der Waals surface area (Å²) in [5.41, 5.74) is 1.73. The molecule has 0 radical (unpaired) electrons. The van der Waals surface area contributed by atoms with Crippen molar-refractivity contribution in [3.8, 4) is 5.69 Å². The standard InChI is InChI=1S/C11H10FN3.C6H7NS/c12-9-2-1-3-10(6-9)15-7-11(13-14-15)8-4-5-8;7-8-6-4-2-1-3-5-6/h1-3,6-8H,4-5H2;1-5H,7H2. The van der Waals surface area contributed by atoms with E-state index in [0.717, 1.165) is 16.3 Å². The molecule has 0 saturated heterocycles. The third kappa shape index (κ3) is 4.40. The van der Waals surface area contributed by atoms with Crippen molar-refractivity contribution in [2.45, 2.75) is 23.7 Å². The van der Waals surface area contributed by atoms with Crippen molar-refractivity contribution in [1.82, 2.24) is 15.0 Å². The SMILES string of the molecule is Fc1cccc(-n2cc(C3CC3)nn2)c1.NSc1ccccc1. The number of nitrogens with zero attached hydrogens (tertiary/aromatic N) is 3. The molecule has 1 saturated carbocycles. The van der Waals surface area contributed by atoms with Gasteiger partial charge in [-0.2, -0.15) is 0 Å². The van der Waals surface area contributed by atoms with Crippen LogP contribution in [0.15, 0.2) is 65.7 Å². The third-order valence-corrected chi connectivity index (χ3v) is 4.00. The van der Waals surface area contributed by atoms with E-state index in [4.69, 9.17) is 5.14 Å². The van der Waals surface area contributed by atoms with Gasteiger partial charge in [-0.25, -0.2) is 9.07 Å². The maximum Gasteiger partial charge on any atom is 0.125 e. The van der Waals surface area contributed by atoms with Crippen LogP contribution in [0.4, 0.5) is 4.39 Å². The Morgan fingerprint density at radius 1 is 1.09 bits per heavy atom. The minimum atomic E-state index is -0.254. The van der Waals surface area contributed by atoms with Crippen molar-refractivity contribution < 1.29 is 4.39 Å². The molecule has 2 aromatic carbocycles. The molecule has 0 bridgehead atoms. The normalized spacial score (nSPS) is 13.3. The molecular formula is C17H17FN4S. The summed E-state index contributed by atoms with van der Waals surface area (Å²) in [5, 5.41) is 13.3. The zero-order valence-corrected chi connectivity index (χ0v) is 13.3. The van der Waals surface area contributed by atoms with Crippen LogP contribution in [-0.2, 0) is 0 Å². The predicted molar refractivity (Wildman–Crippen MR) is 89.8 cm³/mol. The maximum absolute atomic E-state index is 13.0. The number of rotatable bonds is 3. The van der Waals surface area contributed by atoms with E-state index in [1.165, 1.54) is 36.9 Å². The maximum atomic E-state index is 13.0. The molecule has 4 nitrogen and oxygen atoms in total. The fourth-order valence-electron chi connectivity index (χ4n) is 2.09. The van der Waals surface area contributed by atoms with Crippen LogP contribution in [0.2, 0.25) is 0 Å². The van der Waals surface area contributed by atoms with E-state index >= 15 is 0 Å². The van der Waals surface area contributed by atoms with Crippen LogP contribution in [0.25, 0.3) is 5.69 Å². The molecule has 1 heterocycles. The molecule has 0 amide bonds. The summed E-state index contributed by atoms with van der Waals surface area (Å²) in [5.74, 6) is 0.322. The molecule has 1 aromatic heterocycles. The van der Waals surface area contributed by atoms with Gasteiger partial charge in [-0.1, -0.05) is 29.5 Å². The van der Waals surface area contributed by atoms with E-state index in [2.05, 4.69) is 10.3 Å². The molecule has 0 unspecified atom stereocenters. The number of nitrogens with two attached hydrogens (primary N) is 1. The first-order chi connectivity index (χ1) is 11.3. The summed E-state index contributed by atoms with van der Waals surface area (Å²) in [6.45, 7) is 0. The van der Waals surface area contributed by atoms with Crippen LogP contribution in [0.5, 0.6) is 0 Å². The van der Waals surface area contributed by atoms with Crippen LogP contribution < -0.4 is 5.14 Å². The van der Waals surface area contributed by atoms with Gasteiger partial charge in [0.15, 0.2) is 0 Å². The molecule has 23 heavy (non-hydrogen) atoms. The summed E-state index contributed by atoms with van der Waals surface area (Å²) >= 11 is 1.27. The quantitative estimate of drug-likeness (QED) is 0.740. The highest BCUT2D eigenvalue weighted by atomic mass is 32.2. The molecule has 0 atom stereocenters. The third-order valence-electron chi connectivity index (χ3n) is 3.46. The molecule has 1 fully saturated rings. The van der Waals surface area contributed by atoms with Crippen LogP contribution >= 0.6 is 11.9 Å². The van der Waals surface area contributed by atoms with Gasteiger partial charge in [0.05, 0.1) is 17.6 Å². The van der Waals surface area contributed by atoms with Gasteiger partial charge in [-0.15, -0.1) is 5.10 Å². The summed E-state index contributed by atoms with van der Waals surface area (Å²) in [6, 6.07) is 16.2. The second-order valence-corrected chi connectivity index (χ2v) is 5.98. The van der Waals surface area contributed by atoms with E-state index in [1.54, 1.807) is 10.7 Å². The van der Waals surface area contributed by atoms with Gasteiger partial charge in [-0.05, 0) is 55.1 Å². The monoisotopic (exact) mass is 328 g/mol. The summed E-state index contributed by atoms with van der Waals surface area (Å²) < 4.78 is 14.6. The Morgan fingerprint density at radius 3 is 2.48 bits per heavy atom. The van der Waals surface area contributed by atoms with Gasteiger partial charge in [0.1, 0.15) is 5.82 Å². The zero-order valence-electron chi connectivity index (χ0n) is 12.5. The first-order valence-corrected chi connectivity index (χ1v) is 8.24. The number of aromatic nitrogens is 3. The largest absolute Gasteiger partial charge is 0.274 e. The topological polar surface area (TPSA) is 56.7 Å². The van der Waals surface area contributed by atoms with E-state index in [9.17, 15) is 4.39 Å². The van der Waals surface area contributed by atoms with Gasteiger partial charge in [-0.3, -0.25) is 5.14 Å². The summed E-state index contributed by atoms with van der Waals surface area (Å²) in [7, 11) is 0. The lowest BCUT2D eigenvalue weighted by Crippen LogP contribution is -1.94. The highest BCUT2D eigenvalue weighted by Gasteiger charge is 2.26. The van der Waals surface area contributed by atoms with Crippen molar-refractivity contribution in [2.75, 3.05) is 0 Å². The Kier molecular flexibility index (Phi) is 5.05. The van der Waals surface area contributed by atoms with Crippen molar-refractivity contribution >= 4 is 11.9 Å². The van der Waals surface area contributed by atoms with Crippen molar-refractivity contribution in [1.29, 1.82) is 0 Å². The molecule has 118 valence electrons. The second-order valence-electron chi connectivity index (χ2n) is 5.27. The van der Waals surface area contributed by atoms with E-state index in [0.29, 0.717) is 5.92 Å². The van der Waals surface area contributed by atoms with Crippen LogP contribution in [-0.4, -0.2) is 15.0 Å². The summed E-state index contributed by atoms with van der Waals surface area (Å²) in [6.07, 6.45) is 4.27. The molecule has 0 aliphatic heterocycles. The van der Waals surface area contributed by atoms with Crippen LogP contribution in [0, 0.1) is 5.82 Å². The average molecular weight is 328 g/mol. The molecule has 4 rings (SSSR count). The Bertz CT molecular complexity index is 756. The lowest BCUT2D eigenvalue weighted by atomic mass is 10.3. The Morgan fingerprint density at radius 2 is 1.87 bits per heavy atom. The predicted octanol–water partition coefficient (Wildman–Crippen LogP) is 3.94. The fraction of sp³-hybridized carbons (Fsp3) is 0.176. The minimum absolute atomic E-state index is 0.254. The number of benzene rings is 2. The van der Waals surface area contributed by atoms with E-state index < -0.39 is 0 Å². The molecule has 3 aromatic rings. The first-order valence-electron chi connectivity index (χ1n) is 7.36. The van der Waals surface area contributed by atoms with Gasteiger partial charge < -0.3 is 0 Å². The lowest BCUT2D eigenvalue weighted by Gasteiger charge is -1.98.